The van der Waals surface area contributed by atoms with Crippen LogP contribution in [0.5, 0.6) is 0 Å². The first kappa shape index (κ1) is 19.3. The van der Waals surface area contributed by atoms with Crippen LogP contribution in [0.2, 0.25) is 0 Å². The van der Waals surface area contributed by atoms with Gasteiger partial charge in [0.1, 0.15) is 5.82 Å². The third-order valence-electron chi connectivity index (χ3n) is 3.55. The van der Waals surface area contributed by atoms with Crippen molar-refractivity contribution in [3.63, 3.8) is 0 Å². The molecule has 2 amide bonds. The lowest BCUT2D eigenvalue weighted by Gasteiger charge is -2.34. The summed E-state index contributed by atoms with van der Waals surface area (Å²) < 4.78 is 12.8. The van der Waals surface area contributed by atoms with Crippen LogP contribution in [0.15, 0.2) is 24.3 Å². The van der Waals surface area contributed by atoms with Gasteiger partial charge in [0, 0.05) is 31.9 Å². The van der Waals surface area contributed by atoms with Crippen molar-refractivity contribution in [2.75, 3.05) is 51.6 Å². The van der Waals surface area contributed by atoms with Crippen molar-refractivity contribution in [3.8, 4) is 0 Å². The molecule has 0 radical (unpaired) electrons. The number of nitrogens with one attached hydrogen (secondary N) is 2. The normalized spacial score (nSPS) is 15.0. The molecule has 0 aromatic heterocycles. The van der Waals surface area contributed by atoms with Crippen molar-refractivity contribution in [2.24, 2.45) is 0 Å². The van der Waals surface area contributed by atoms with Crippen molar-refractivity contribution in [1.82, 2.24) is 15.1 Å². The van der Waals surface area contributed by atoms with Crippen LogP contribution in [-0.4, -0.2) is 67.9 Å². The third-order valence-corrected chi connectivity index (χ3v) is 3.55. The lowest BCUT2D eigenvalue weighted by molar-refractivity contribution is -0.132. The van der Waals surface area contributed by atoms with Crippen LogP contribution >= 0.6 is 12.4 Å². The molecule has 0 saturated carbocycles. The number of rotatable bonds is 5. The van der Waals surface area contributed by atoms with Gasteiger partial charge in [0.15, 0.2) is 0 Å². The van der Waals surface area contributed by atoms with E-state index in [0.29, 0.717) is 38.4 Å². The Morgan fingerprint density at radius 3 is 2.30 bits per heavy atom. The molecule has 0 spiro atoms. The molecule has 6 nitrogen and oxygen atoms in total. The van der Waals surface area contributed by atoms with E-state index in [2.05, 4.69) is 10.6 Å². The van der Waals surface area contributed by atoms with Crippen LogP contribution in [0.25, 0.3) is 0 Å². The van der Waals surface area contributed by atoms with Gasteiger partial charge in [0.05, 0.1) is 13.1 Å². The number of nitrogens with zero attached hydrogens (tertiary/aromatic N) is 2. The van der Waals surface area contributed by atoms with Crippen molar-refractivity contribution in [2.45, 2.75) is 0 Å². The highest BCUT2D eigenvalue weighted by atomic mass is 35.5. The molecule has 0 unspecified atom stereocenters. The monoisotopic (exact) mass is 344 g/mol. The number of benzene rings is 1. The minimum Gasteiger partial charge on any atom is -0.339 e. The topological polar surface area (TPSA) is 64.7 Å². The SMILES string of the molecule is CNCC(=O)N1CCN(CC(=O)Nc2ccc(F)cc2)CC1.Cl. The average molecular weight is 345 g/mol. The second kappa shape index (κ2) is 9.44. The number of hydrogen-bond donors (Lipinski definition) is 2. The van der Waals surface area contributed by atoms with E-state index in [1.165, 1.54) is 24.3 Å². The Bertz CT molecular complexity index is 519. The Kier molecular flexibility index (Phi) is 7.94. The number of piperazine rings is 1. The summed E-state index contributed by atoms with van der Waals surface area (Å²) in [7, 11) is 1.74. The molecule has 1 aromatic rings. The molecule has 1 heterocycles. The zero-order chi connectivity index (χ0) is 15.9. The van der Waals surface area contributed by atoms with E-state index >= 15 is 0 Å². The molecule has 0 aliphatic carbocycles. The van der Waals surface area contributed by atoms with Gasteiger partial charge in [-0.2, -0.15) is 0 Å². The molecule has 8 heteroatoms. The molecular formula is C15H22ClFN4O2. The smallest absolute Gasteiger partial charge is 0.238 e. The van der Waals surface area contributed by atoms with Gasteiger partial charge in [-0.05, 0) is 31.3 Å². The molecule has 1 aromatic carbocycles. The summed E-state index contributed by atoms with van der Waals surface area (Å²) >= 11 is 0. The summed E-state index contributed by atoms with van der Waals surface area (Å²) in [5.41, 5.74) is 0.578. The summed E-state index contributed by atoms with van der Waals surface area (Å²) in [6.07, 6.45) is 0. The lowest BCUT2D eigenvalue weighted by atomic mass is 10.3. The Morgan fingerprint density at radius 1 is 1.13 bits per heavy atom. The quantitative estimate of drug-likeness (QED) is 0.819. The third kappa shape index (κ3) is 6.13. The maximum absolute atomic E-state index is 12.8. The predicted octanol–water partition coefficient (Wildman–Crippen LogP) is 0.550. The molecule has 1 aliphatic rings. The number of halogens is 2. The molecule has 1 fully saturated rings. The van der Waals surface area contributed by atoms with E-state index in [-0.39, 0.29) is 36.6 Å². The Labute approximate surface area is 141 Å². The zero-order valence-electron chi connectivity index (χ0n) is 13.0. The number of anilines is 1. The highest BCUT2D eigenvalue weighted by Gasteiger charge is 2.21. The van der Waals surface area contributed by atoms with Crippen molar-refractivity contribution >= 4 is 29.9 Å². The highest BCUT2D eigenvalue weighted by Crippen LogP contribution is 2.08. The Hall–Kier alpha value is -1.70. The molecule has 1 aliphatic heterocycles. The summed E-state index contributed by atoms with van der Waals surface area (Å²) in [5.74, 6) is -0.389. The second-order valence-corrected chi connectivity index (χ2v) is 5.24. The highest BCUT2D eigenvalue weighted by molar-refractivity contribution is 5.92. The van der Waals surface area contributed by atoms with E-state index in [9.17, 15) is 14.0 Å². The summed E-state index contributed by atoms with van der Waals surface area (Å²) in [6, 6.07) is 5.67. The molecule has 2 N–H and O–H groups in total. The van der Waals surface area contributed by atoms with Crippen LogP contribution < -0.4 is 10.6 Å². The minimum atomic E-state index is -0.333. The van der Waals surface area contributed by atoms with E-state index in [0.717, 1.165) is 0 Å². The Balaban J connectivity index is 0.00000264. The van der Waals surface area contributed by atoms with Gasteiger partial charge in [-0.15, -0.1) is 12.4 Å². The number of likely N-dealkylation sites (N-methyl/N-ethyl adjacent to an activating group) is 1. The summed E-state index contributed by atoms with van der Waals surface area (Å²) in [5, 5.41) is 5.58. The van der Waals surface area contributed by atoms with Gasteiger partial charge < -0.3 is 15.5 Å². The van der Waals surface area contributed by atoms with Crippen molar-refractivity contribution in [1.29, 1.82) is 0 Å². The van der Waals surface area contributed by atoms with Gasteiger partial charge in [-0.3, -0.25) is 14.5 Å². The predicted molar refractivity (Wildman–Crippen MR) is 89.2 cm³/mol. The van der Waals surface area contributed by atoms with Gasteiger partial charge >= 0.3 is 0 Å². The largest absolute Gasteiger partial charge is 0.339 e. The fraction of sp³-hybridized carbons (Fsp3) is 0.467. The first-order valence-corrected chi connectivity index (χ1v) is 7.28. The van der Waals surface area contributed by atoms with E-state index < -0.39 is 0 Å². The number of amides is 2. The van der Waals surface area contributed by atoms with Crippen LogP contribution in [0, 0.1) is 5.82 Å². The van der Waals surface area contributed by atoms with Gasteiger partial charge in [0.25, 0.3) is 0 Å². The fourth-order valence-corrected chi connectivity index (χ4v) is 2.36. The van der Waals surface area contributed by atoms with Crippen LogP contribution in [-0.2, 0) is 9.59 Å². The first-order valence-electron chi connectivity index (χ1n) is 7.28. The molecule has 128 valence electrons. The second-order valence-electron chi connectivity index (χ2n) is 5.24. The maximum Gasteiger partial charge on any atom is 0.238 e. The zero-order valence-corrected chi connectivity index (χ0v) is 13.9. The maximum atomic E-state index is 12.8. The molecule has 0 atom stereocenters. The van der Waals surface area contributed by atoms with Crippen molar-refractivity contribution in [3.05, 3.63) is 30.1 Å². The molecular weight excluding hydrogens is 323 g/mol. The van der Waals surface area contributed by atoms with Crippen LogP contribution in [0.3, 0.4) is 0 Å². The molecule has 2 rings (SSSR count). The molecule has 1 saturated heterocycles. The standard InChI is InChI=1S/C15H21FN4O2.ClH/c1-17-10-15(22)20-8-6-19(7-9-20)11-14(21)18-13-4-2-12(16)3-5-13;/h2-5,17H,6-11H2,1H3,(H,18,21);1H. The van der Waals surface area contributed by atoms with E-state index in [1.807, 2.05) is 4.90 Å². The van der Waals surface area contributed by atoms with Gasteiger partial charge in [-0.1, -0.05) is 0 Å². The Morgan fingerprint density at radius 2 is 1.74 bits per heavy atom. The van der Waals surface area contributed by atoms with Crippen LogP contribution in [0.4, 0.5) is 10.1 Å². The fourth-order valence-electron chi connectivity index (χ4n) is 2.36. The first-order chi connectivity index (χ1) is 10.6. The lowest BCUT2D eigenvalue weighted by Crippen LogP contribution is -2.51. The number of hydrogen-bond acceptors (Lipinski definition) is 4. The number of carbonyl (C=O) groups excluding carboxylic acids is 2. The van der Waals surface area contributed by atoms with E-state index in [4.69, 9.17) is 0 Å². The number of carbonyl (C=O) groups is 2. The van der Waals surface area contributed by atoms with Crippen LogP contribution in [0.1, 0.15) is 0 Å². The van der Waals surface area contributed by atoms with E-state index in [1.54, 1.807) is 11.9 Å². The summed E-state index contributed by atoms with van der Waals surface area (Å²) in [6.45, 7) is 3.21. The van der Waals surface area contributed by atoms with Gasteiger partial charge in [-0.25, -0.2) is 4.39 Å². The molecule has 0 bridgehead atoms. The minimum absolute atomic E-state index is 0. The van der Waals surface area contributed by atoms with Crippen molar-refractivity contribution < 1.29 is 14.0 Å². The average Bonchev–Trinajstić information content (AvgIpc) is 2.50. The summed E-state index contributed by atoms with van der Waals surface area (Å²) in [4.78, 5) is 27.5. The molecule has 23 heavy (non-hydrogen) atoms. The van der Waals surface area contributed by atoms with Gasteiger partial charge in [0.2, 0.25) is 11.8 Å².